The molecule has 0 N–H and O–H groups in total. The lowest BCUT2D eigenvalue weighted by atomic mass is 10.0. The van der Waals surface area contributed by atoms with Gasteiger partial charge in [0.25, 0.3) is 0 Å². The van der Waals surface area contributed by atoms with Crippen molar-refractivity contribution in [3.63, 3.8) is 0 Å². The molecular formula is C18H25F3O8. The van der Waals surface area contributed by atoms with Crippen LogP contribution in [0, 0.1) is 0 Å². The summed E-state index contributed by atoms with van der Waals surface area (Å²) in [6.07, 6.45) is -7.60. The van der Waals surface area contributed by atoms with Gasteiger partial charge < -0.3 is 28.4 Å². The Bertz CT molecular complexity index is 644. The van der Waals surface area contributed by atoms with Crippen LogP contribution in [-0.4, -0.2) is 67.3 Å². The maximum absolute atomic E-state index is 12.8. The molecule has 2 fully saturated rings. The normalized spacial score (nSPS) is 29.7. The van der Waals surface area contributed by atoms with E-state index in [-0.39, 0.29) is 13.2 Å². The molecule has 2 rings (SSSR count). The van der Waals surface area contributed by atoms with Gasteiger partial charge in [0.15, 0.2) is 17.7 Å². The van der Waals surface area contributed by atoms with Crippen LogP contribution in [-0.2, 0) is 38.0 Å². The standard InChI is InChI=1S/C18H25F3O8/c1-6-24-12(22)8-7-10-14(29-17(4,5)27-10)13(26-15(23)18(19,20)21)11-9-25-16(2,3)28-11/h7-8,10-11,13-14H,6,9H2,1-5H3/b8-7+/t10-,11-,13+,14-/m1/s1. The van der Waals surface area contributed by atoms with Crippen LogP contribution < -0.4 is 0 Å². The quantitative estimate of drug-likeness (QED) is 0.472. The van der Waals surface area contributed by atoms with Crippen molar-refractivity contribution < 1.29 is 51.2 Å². The predicted octanol–water partition coefficient (Wildman–Crippen LogP) is 2.25. The summed E-state index contributed by atoms with van der Waals surface area (Å²) < 4.78 is 70.4. The Labute approximate surface area is 166 Å². The van der Waals surface area contributed by atoms with Gasteiger partial charge in [0.05, 0.1) is 13.2 Å². The summed E-state index contributed by atoms with van der Waals surface area (Å²) in [6.45, 7) is 7.87. The molecule has 0 amide bonds. The number of hydrogen-bond donors (Lipinski definition) is 0. The lowest BCUT2D eigenvalue weighted by Crippen LogP contribution is -2.49. The smallest absolute Gasteiger partial charge is 0.463 e. The summed E-state index contributed by atoms with van der Waals surface area (Å²) in [5, 5.41) is 0. The van der Waals surface area contributed by atoms with E-state index in [4.69, 9.17) is 28.4 Å². The van der Waals surface area contributed by atoms with Crippen molar-refractivity contribution in [1.29, 1.82) is 0 Å². The third kappa shape index (κ3) is 6.39. The maximum atomic E-state index is 12.8. The molecule has 0 radical (unpaired) electrons. The molecule has 2 aliphatic heterocycles. The van der Waals surface area contributed by atoms with Crippen LogP contribution in [0.4, 0.5) is 13.2 Å². The molecule has 11 heteroatoms. The van der Waals surface area contributed by atoms with E-state index in [1.54, 1.807) is 20.8 Å². The highest BCUT2D eigenvalue weighted by Gasteiger charge is 2.54. The van der Waals surface area contributed by atoms with Crippen LogP contribution in [0.1, 0.15) is 34.6 Å². The van der Waals surface area contributed by atoms with Crippen molar-refractivity contribution in [3.8, 4) is 0 Å². The fourth-order valence-electron chi connectivity index (χ4n) is 3.01. The summed E-state index contributed by atoms with van der Waals surface area (Å²) in [6, 6.07) is 0. The second-order valence-electron chi connectivity index (χ2n) is 7.41. The first-order chi connectivity index (χ1) is 13.2. The summed E-state index contributed by atoms with van der Waals surface area (Å²) >= 11 is 0. The molecule has 29 heavy (non-hydrogen) atoms. The number of ether oxygens (including phenoxy) is 6. The Hall–Kier alpha value is -1.69. The van der Waals surface area contributed by atoms with Gasteiger partial charge in [-0.25, -0.2) is 9.59 Å². The van der Waals surface area contributed by atoms with Gasteiger partial charge >= 0.3 is 18.1 Å². The molecule has 0 spiro atoms. The van der Waals surface area contributed by atoms with E-state index in [1.807, 2.05) is 0 Å². The van der Waals surface area contributed by atoms with Crippen molar-refractivity contribution in [2.75, 3.05) is 13.2 Å². The highest BCUT2D eigenvalue weighted by atomic mass is 19.4. The van der Waals surface area contributed by atoms with Gasteiger partial charge in [0.1, 0.15) is 18.3 Å². The molecule has 0 aromatic heterocycles. The second kappa shape index (κ2) is 8.58. The molecule has 0 aromatic rings. The van der Waals surface area contributed by atoms with Crippen LogP contribution in [0.2, 0.25) is 0 Å². The average Bonchev–Trinajstić information content (AvgIpc) is 3.08. The highest BCUT2D eigenvalue weighted by Crippen LogP contribution is 2.37. The van der Waals surface area contributed by atoms with Crippen LogP contribution in [0.15, 0.2) is 12.2 Å². The summed E-state index contributed by atoms with van der Waals surface area (Å²) in [7, 11) is 0. The number of rotatable bonds is 6. The zero-order chi connectivity index (χ0) is 22.0. The molecule has 166 valence electrons. The van der Waals surface area contributed by atoms with Crippen molar-refractivity contribution in [3.05, 3.63) is 12.2 Å². The minimum atomic E-state index is -5.21. The predicted molar refractivity (Wildman–Crippen MR) is 90.4 cm³/mol. The van der Waals surface area contributed by atoms with E-state index in [0.717, 1.165) is 6.08 Å². The van der Waals surface area contributed by atoms with Crippen LogP contribution in [0.25, 0.3) is 0 Å². The molecular weight excluding hydrogens is 401 g/mol. The Morgan fingerprint density at radius 3 is 2.31 bits per heavy atom. The molecule has 0 bridgehead atoms. The van der Waals surface area contributed by atoms with Gasteiger partial charge in [0, 0.05) is 6.08 Å². The Kier molecular flexibility index (Phi) is 6.98. The first-order valence-electron chi connectivity index (χ1n) is 9.04. The molecule has 0 saturated carbocycles. The Morgan fingerprint density at radius 2 is 1.79 bits per heavy atom. The van der Waals surface area contributed by atoms with Gasteiger partial charge in [-0.05, 0) is 40.7 Å². The number of carbonyl (C=O) groups is 2. The lowest BCUT2D eigenvalue weighted by Gasteiger charge is -2.30. The van der Waals surface area contributed by atoms with Crippen LogP contribution >= 0.6 is 0 Å². The summed E-state index contributed by atoms with van der Waals surface area (Å²) in [4.78, 5) is 23.1. The van der Waals surface area contributed by atoms with E-state index < -0.39 is 54.1 Å². The maximum Gasteiger partial charge on any atom is 0.490 e. The van der Waals surface area contributed by atoms with Crippen molar-refractivity contribution in [2.24, 2.45) is 0 Å². The Morgan fingerprint density at radius 1 is 1.14 bits per heavy atom. The van der Waals surface area contributed by atoms with Crippen LogP contribution in [0.3, 0.4) is 0 Å². The third-order valence-electron chi connectivity index (χ3n) is 4.07. The molecule has 0 unspecified atom stereocenters. The number of esters is 2. The molecule has 2 saturated heterocycles. The average molecular weight is 426 g/mol. The van der Waals surface area contributed by atoms with Crippen LogP contribution in [0.5, 0.6) is 0 Å². The largest absolute Gasteiger partial charge is 0.490 e. The second-order valence-corrected chi connectivity index (χ2v) is 7.41. The number of halogens is 3. The fraction of sp³-hybridized carbons (Fsp3) is 0.778. The summed E-state index contributed by atoms with van der Waals surface area (Å²) in [5.41, 5.74) is 0. The van der Waals surface area contributed by atoms with Crippen molar-refractivity contribution >= 4 is 11.9 Å². The van der Waals surface area contributed by atoms with Gasteiger partial charge in [-0.1, -0.05) is 0 Å². The van der Waals surface area contributed by atoms with Gasteiger partial charge in [0.2, 0.25) is 0 Å². The van der Waals surface area contributed by atoms with E-state index >= 15 is 0 Å². The SMILES string of the molecule is CCOC(=O)/C=C/[C@H]1OC(C)(C)O[C@H]1[C@@H](OC(=O)C(F)(F)F)[C@H]1COC(C)(C)O1. The monoisotopic (exact) mass is 426 g/mol. The first-order valence-corrected chi connectivity index (χ1v) is 9.04. The third-order valence-corrected chi connectivity index (χ3v) is 4.07. The topological polar surface area (TPSA) is 89.5 Å². The van der Waals surface area contributed by atoms with E-state index in [9.17, 15) is 22.8 Å². The highest BCUT2D eigenvalue weighted by molar-refractivity contribution is 5.82. The Balaban J connectivity index is 2.30. The minimum absolute atomic E-state index is 0.128. The molecule has 4 atom stereocenters. The van der Waals surface area contributed by atoms with Crippen molar-refractivity contribution in [1.82, 2.24) is 0 Å². The zero-order valence-corrected chi connectivity index (χ0v) is 16.8. The number of hydrogen-bond acceptors (Lipinski definition) is 8. The molecule has 0 aliphatic carbocycles. The fourth-order valence-corrected chi connectivity index (χ4v) is 3.01. The number of alkyl halides is 3. The molecule has 8 nitrogen and oxygen atoms in total. The van der Waals surface area contributed by atoms with E-state index in [0.29, 0.717) is 0 Å². The molecule has 0 aromatic carbocycles. The number of carbonyl (C=O) groups excluding carboxylic acids is 2. The zero-order valence-electron chi connectivity index (χ0n) is 16.8. The van der Waals surface area contributed by atoms with Gasteiger partial charge in [-0.2, -0.15) is 13.2 Å². The minimum Gasteiger partial charge on any atom is -0.463 e. The van der Waals surface area contributed by atoms with E-state index in [1.165, 1.54) is 19.9 Å². The van der Waals surface area contributed by atoms with E-state index in [2.05, 4.69) is 0 Å². The van der Waals surface area contributed by atoms with Gasteiger partial charge in [-0.3, -0.25) is 0 Å². The van der Waals surface area contributed by atoms with Crippen molar-refractivity contribution in [2.45, 2.75) is 76.8 Å². The molecule has 2 aliphatic rings. The summed E-state index contributed by atoms with van der Waals surface area (Å²) in [5.74, 6) is -5.35. The van der Waals surface area contributed by atoms with Gasteiger partial charge in [-0.15, -0.1) is 0 Å². The molecule has 2 heterocycles. The lowest BCUT2D eigenvalue weighted by molar-refractivity contribution is -0.225. The first kappa shape index (κ1) is 23.6.